The Morgan fingerprint density at radius 1 is 1.21 bits per heavy atom. The molecular weight excluding hydrogens is 238 g/mol. The van der Waals surface area contributed by atoms with Crippen molar-refractivity contribution in [2.75, 3.05) is 26.7 Å². The molecule has 3 heteroatoms. The highest BCUT2D eigenvalue weighted by molar-refractivity contribution is 5.99. The zero-order chi connectivity index (χ0) is 14.3. The summed E-state index contributed by atoms with van der Waals surface area (Å²) in [5.74, 6) is 0.921. The van der Waals surface area contributed by atoms with Crippen molar-refractivity contribution in [2.45, 2.75) is 33.6 Å². The highest BCUT2D eigenvalue weighted by atomic mass is 16.5. The molecule has 0 atom stereocenters. The second-order valence-corrected chi connectivity index (χ2v) is 4.88. The maximum absolute atomic E-state index is 12.4. The first-order chi connectivity index (χ1) is 9.12. The van der Waals surface area contributed by atoms with Crippen molar-refractivity contribution in [1.82, 2.24) is 4.90 Å². The van der Waals surface area contributed by atoms with Crippen molar-refractivity contribution in [2.24, 2.45) is 0 Å². The third-order valence-electron chi connectivity index (χ3n) is 3.19. The van der Waals surface area contributed by atoms with E-state index in [4.69, 9.17) is 4.74 Å². The van der Waals surface area contributed by atoms with Crippen molar-refractivity contribution in [3.8, 4) is 5.75 Å². The monoisotopic (exact) mass is 263 g/mol. The predicted octanol–water partition coefficient (Wildman–Crippen LogP) is 3.31. The fourth-order valence-corrected chi connectivity index (χ4v) is 2.22. The van der Waals surface area contributed by atoms with Crippen LogP contribution in [0.5, 0.6) is 5.75 Å². The minimum Gasteiger partial charge on any atom is -0.497 e. The second-order valence-electron chi connectivity index (χ2n) is 4.88. The number of carbonyl (C=O) groups is 1. The van der Waals surface area contributed by atoms with Crippen molar-refractivity contribution in [3.05, 3.63) is 29.3 Å². The number of aryl methyl sites for hydroxylation is 1. The molecule has 1 aromatic carbocycles. The van der Waals surface area contributed by atoms with Gasteiger partial charge in [0.15, 0.2) is 5.78 Å². The van der Waals surface area contributed by atoms with Crippen LogP contribution < -0.4 is 4.74 Å². The van der Waals surface area contributed by atoms with E-state index < -0.39 is 0 Å². The summed E-state index contributed by atoms with van der Waals surface area (Å²) in [6, 6.07) is 5.67. The van der Waals surface area contributed by atoms with Crippen molar-refractivity contribution in [1.29, 1.82) is 0 Å². The molecule has 0 heterocycles. The van der Waals surface area contributed by atoms with Crippen LogP contribution in [0.3, 0.4) is 0 Å². The summed E-state index contributed by atoms with van der Waals surface area (Å²) >= 11 is 0. The van der Waals surface area contributed by atoms with E-state index in [0.29, 0.717) is 6.54 Å². The molecule has 0 amide bonds. The lowest BCUT2D eigenvalue weighted by Gasteiger charge is -2.20. The van der Waals surface area contributed by atoms with Crippen LogP contribution in [0, 0.1) is 6.92 Å². The standard InChI is InChI=1S/C16H25NO2/c1-5-9-17(10-6-2)12-16(18)15-11-14(19-4)8-7-13(15)3/h7-8,11H,5-6,9-10,12H2,1-4H3. The molecule has 0 aliphatic heterocycles. The molecule has 0 radical (unpaired) electrons. The fraction of sp³-hybridized carbons (Fsp3) is 0.562. The van der Waals surface area contributed by atoms with Gasteiger partial charge in [-0.3, -0.25) is 9.69 Å². The quantitative estimate of drug-likeness (QED) is 0.674. The van der Waals surface area contributed by atoms with E-state index in [9.17, 15) is 4.79 Å². The second kappa shape index (κ2) is 7.95. The summed E-state index contributed by atoms with van der Waals surface area (Å²) in [7, 11) is 1.62. The molecule has 0 aliphatic rings. The van der Waals surface area contributed by atoms with E-state index in [0.717, 1.165) is 42.8 Å². The molecule has 0 bridgehead atoms. The van der Waals surface area contributed by atoms with Crippen molar-refractivity contribution in [3.63, 3.8) is 0 Å². The molecule has 0 unspecified atom stereocenters. The third-order valence-corrected chi connectivity index (χ3v) is 3.19. The zero-order valence-electron chi connectivity index (χ0n) is 12.5. The molecule has 3 nitrogen and oxygen atoms in total. The maximum atomic E-state index is 12.4. The van der Waals surface area contributed by atoms with Gasteiger partial charge in [-0.25, -0.2) is 0 Å². The van der Waals surface area contributed by atoms with Crippen LogP contribution in [-0.2, 0) is 0 Å². The van der Waals surface area contributed by atoms with E-state index in [2.05, 4.69) is 18.7 Å². The van der Waals surface area contributed by atoms with Gasteiger partial charge in [-0.15, -0.1) is 0 Å². The number of rotatable bonds is 8. The number of ketones is 1. The molecule has 19 heavy (non-hydrogen) atoms. The molecule has 0 saturated heterocycles. The first-order valence-corrected chi connectivity index (χ1v) is 7.02. The molecular formula is C16H25NO2. The van der Waals surface area contributed by atoms with E-state index >= 15 is 0 Å². The van der Waals surface area contributed by atoms with Gasteiger partial charge >= 0.3 is 0 Å². The topological polar surface area (TPSA) is 29.5 Å². The van der Waals surface area contributed by atoms with Gasteiger partial charge in [0, 0.05) is 5.56 Å². The Labute approximate surface area is 116 Å². The van der Waals surface area contributed by atoms with Gasteiger partial charge in [-0.1, -0.05) is 19.9 Å². The Morgan fingerprint density at radius 2 is 1.84 bits per heavy atom. The average Bonchev–Trinajstić information content (AvgIpc) is 2.39. The van der Waals surface area contributed by atoms with Gasteiger partial charge in [-0.05, 0) is 50.6 Å². The Kier molecular flexibility index (Phi) is 6.57. The molecule has 0 saturated carbocycles. The number of methoxy groups -OCH3 is 1. The molecule has 106 valence electrons. The molecule has 0 aliphatic carbocycles. The summed E-state index contributed by atoms with van der Waals surface area (Å²) in [6.45, 7) is 8.70. The highest BCUT2D eigenvalue weighted by Crippen LogP contribution is 2.18. The number of carbonyl (C=O) groups excluding carboxylic acids is 1. The molecule has 0 N–H and O–H groups in total. The average molecular weight is 263 g/mol. The minimum atomic E-state index is 0.179. The number of hydrogen-bond acceptors (Lipinski definition) is 3. The van der Waals surface area contributed by atoms with E-state index in [1.54, 1.807) is 7.11 Å². The predicted molar refractivity (Wildman–Crippen MR) is 79.1 cm³/mol. The number of benzene rings is 1. The van der Waals surface area contributed by atoms with Gasteiger partial charge in [0.05, 0.1) is 13.7 Å². The third kappa shape index (κ3) is 4.67. The number of hydrogen-bond donors (Lipinski definition) is 0. The first-order valence-electron chi connectivity index (χ1n) is 7.02. The largest absolute Gasteiger partial charge is 0.497 e. The lowest BCUT2D eigenvalue weighted by Crippen LogP contribution is -2.31. The van der Waals surface area contributed by atoms with Gasteiger partial charge in [0.2, 0.25) is 0 Å². The van der Waals surface area contributed by atoms with Crippen molar-refractivity contribution < 1.29 is 9.53 Å². The van der Waals surface area contributed by atoms with Gasteiger partial charge in [0.1, 0.15) is 5.75 Å². The maximum Gasteiger partial charge on any atom is 0.177 e. The Hall–Kier alpha value is -1.35. The van der Waals surface area contributed by atoms with Gasteiger partial charge in [0.25, 0.3) is 0 Å². The van der Waals surface area contributed by atoms with Crippen LogP contribution >= 0.6 is 0 Å². The highest BCUT2D eigenvalue weighted by Gasteiger charge is 2.14. The lowest BCUT2D eigenvalue weighted by molar-refractivity contribution is 0.0929. The van der Waals surface area contributed by atoms with Crippen LogP contribution in [0.1, 0.15) is 42.6 Å². The van der Waals surface area contributed by atoms with Crippen LogP contribution in [0.4, 0.5) is 0 Å². The molecule has 1 rings (SSSR count). The summed E-state index contributed by atoms with van der Waals surface area (Å²) < 4.78 is 5.19. The van der Waals surface area contributed by atoms with E-state index in [1.165, 1.54) is 0 Å². The van der Waals surface area contributed by atoms with Gasteiger partial charge in [-0.2, -0.15) is 0 Å². The Bertz CT molecular complexity index is 409. The van der Waals surface area contributed by atoms with Crippen LogP contribution in [-0.4, -0.2) is 37.4 Å². The summed E-state index contributed by atoms with van der Waals surface area (Å²) in [4.78, 5) is 14.6. The summed E-state index contributed by atoms with van der Waals surface area (Å²) in [5.41, 5.74) is 1.79. The van der Waals surface area contributed by atoms with E-state index in [1.807, 2.05) is 25.1 Å². The van der Waals surface area contributed by atoms with Crippen LogP contribution in [0.2, 0.25) is 0 Å². The summed E-state index contributed by atoms with van der Waals surface area (Å²) in [6.07, 6.45) is 2.15. The first kappa shape index (κ1) is 15.7. The van der Waals surface area contributed by atoms with Crippen LogP contribution in [0.15, 0.2) is 18.2 Å². The summed E-state index contributed by atoms with van der Waals surface area (Å²) in [5, 5.41) is 0. The number of nitrogens with zero attached hydrogens (tertiary/aromatic N) is 1. The smallest absolute Gasteiger partial charge is 0.177 e. The Morgan fingerprint density at radius 3 is 2.37 bits per heavy atom. The molecule has 0 aromatic heterocycles. The normalized spacial score (nSPS) is 10.8. The lowest BCUT2D eigenvalue weighted by atomic mass is 10.0. The molecule has 0 spiro atoms. The van der Waals surface area contributed by atoms with Crippen LogP contribution in [0.25, 0.3) is 0 Å². The number of Topliss-reactive ketones (excluding diaryl/α,β-unsaturated/α-hetero) is 1. The minimum absolute atomic E-state index is 0.179. The fourth-order valence-electron chi connectivity index (χ4n) is 2.22. The van der Waals surface area contributed by atoms with Crippen molar-refractivity contribution >= 4 is 5.78 Å². The zero-order valence-corrected chi connectivity index (χ0v) is 12.5. The Balaban J connectivity index is 2.81. The van der Waals surface area contributed by atoms with Gasteiger partial charge < -0.3 is 4.74 Å². The number of ether oxygens (including phenoxy) is 1. The SMILES string of the molecule is CCCN(CCC)CC(=O)c1cc(OC)ccc1C. The molecule has 1 aromatic rings. The van der Waals surface area contributed by atoms with E-state index in [-0.39, 0.29) is 5.78 Å². The molecule has 0 fully saturated rings.